The summed E-state index contributed by atoms with van der Waals surface area (Å²) in [5, 5.41) is 3.34. The second-order valence-corrected chi connectivity index (χ2v) is 5.65. The van der Waals surface area contributed by atoms with E-state index in [0.29, 0.717) is 11.7 Å². The molecule has 0 unspecified atom stereocenters. The zero-order chi connectivity index (χ0) is 15.2. The number of rotatable bonds is 5. The maximum atomic E-state index is 12.9. The van der Waals surface area contributed by atoms with Crippen molar-refractivity contribution in [1.29, 1.82) is 0 Å². The van der Waals surface area contributed by atoms with Crippen LogP contribution in [0, 0.1) is 11.7 Å². The third kappa shape index (κ3) is 4.58. The molecule has 0 aliphatic carbocycles. The van der Waals surface area contributed by atoms with E-state index < -0.39 is 5.82 Å². The first-order chi connectivity index (χ1) is 10.1. The van der Waals surface area contributed by atoms with E-state index in [1.54, 1.807) is 0 Å². The van der Waals surface area contributed by atoms with Gasteiger partial charge in [-0.1, -0.05) is 11.6 Å². The molecule has 0 saturated carbocycles. The Morgan fingerprint density at radius 1 is 1.48 bits per heavy atom. The van der Waals surface area contributed by atoms with Gasteiger partial charge in [-0.25, -0.2) is 4.39 Å². The number of carbonyl (C=O) groups excluding carboxylic acids is 1. The monoisotopic (exact) mass is 314 g/mol. The standard InChI is InChI=1S/C15H20ClFN2O2/c1-18-9-11-4-6-19(7-5-11)15(20)10-21-14-3-2-12(17)8-13(14)16/h2-3,8,11,18H,4-7,9-10H2,1H3. The van der Waals surface area contributed by atoms with Gasteiger partial charge in [0.1, 0.15) is 11.6 Å². The number of amides is 1. The maximum absolute atomic E-state index is 12.9. The van der Waals surface area contributed by atoms with E-state index in [1.165, 1.54) is 18.2 Å². The van der Waals surface area contributed by atoms with Crippen LogP contribution in [-0.2, 0) is 4.79 Å². The molecule has 6 heteroatoms. The summed E-state index contributed by atoms with van der Waals surface area (Å²) in [6.07, 6.45) is 2.01. The second-order valence-electron chi connectivity index (χ2n) is 5.25. The minimum Gasteiger partial charge on any atom is -0.482 e. The summed E-state index contributed by atoms with van der Waals surface area (Å²) in [7, 11) is 1.94. The summed E-state index contributed by atoms with van der Waals surface area (Å²) >= 11 is 5.86. The smallest absolute Gasteiger partial charge is 0.260 e. The van der Waals surface area contributed by atoms with Crippen molar-refractivity contribution < 1.29 is 13.9 Å². The number of nitrogens with one attached hydrogen (secondary N) is 1. The molecular weight excluding hydrogens is 295 g/mol. The third-order valence-corrected chi connectivity index (χ3v) is 4.00. The summed E-state index contributed by atoms with van der Waals surface area (Å²) in [5.41, 5.74) is 0. The predicted molar refractivity (Wildman–Crippen MR) is 80.1 cm³/mol. The summed E-state index contributed by atoms with van der Waals surface area (Å²) < 4.78 is 18.3. The first-order valence-corrected chi connectivity index (χ1v) is 7.48. The van der Waals surface area contributed by atoms with Crippen LogP contribution in [0.3, 0.4) is 0 Å². The van der Waals surface area contributed by atoms with E-state index >= 15 is 0 Å². The number of halogens is 2. The Morgan fingerprint density at radius 3 is 2.81 bits per heavy atom. The minimum atomic E-state index is -0.426. The van der Waals surface area contributed by atoms with Gasteiger partial charge in [-0.05, 0) is 50.6 Å². The fourth-order valence-electron chi connectivity index (χ4n) is 2.50. The molecule has 2 rings (SSSR count). The van der Waals surface area contributed by atoms with Crippen LogP contribution in [0.2, 0.25) is 5.02 Å². The average molecular weight is 315 g/mol. The lowest BCUT2D eigenvalue weighted by molar-refractivity contribution is -0.134. The molecule has 0 bridgehead atoms. The quantitative estimate of drug-likeness (QED) is 0.907. The van der Waals surface area contributed by atoms with Gasteiger partial charge >= 0.3 is 0 Å². The van der Waals surface area contributed by atoms with Crippen molar-refractivity contribution in [3.05, 3.63) is 29.0 Å². The van der Waals surface area contributed by atoms with Gasteiger partial charge in [0.15, 0.2) is 6.61 Å². The molecule has 4 nitrogen and oxygen atoms in total. The Labute approximate surface area is 129 Å². The van der Waals surface area contributed by atoms with Gasteiger partial charge in [-0.2, -0.15) is 0 Å². The van der Waals surface area contributed by atoms with Gasteiger partial charge in [0.2, 0.25) is 0 Å². The van der Waals surface area contributed by atoms with E-state index in [2.05, 4.69) is 5.32 Å². The Morgan fingerprint density at radius 2 is 2.19 bits per heavy atom. The highest BCUT2D eigenvalue weighted by Gasteiger charge is 2.22. The highest BCUT2D eigenvalue weighted by atomic mass is 35.5. The fraction of sp³-hybridized carbons (Fsp3) is 0.533. The molecule has 1 aliphatic heterocycles. The molecule has 1 aliphatic rings. The Balaban J connectivity index is 1.80. The first kappa shape index (κ1) is 16.0. The summed E-state index contributed by atoms with van der Waals surface area (Å²) in [4.78, 5) is 13.9. The fourth-order valence-corrected chi connectivity index (χ4v) is 2.72. The van der Waals surface area contributed by atoms with E-state index in [4.69, 9.17) is 16.3 Å². The van der Waals surface area contributed by atoms with Crippen LogP contribution in [0.4, 0.5) is 4.39 Å². The number of likely N-dealkylation sites (tertiary alicyclic amines) is 1. The van der Waals surface area contributed by atoms with Crippen molar-refractivity contribution in [1.82, 2.24) is 10.2 Å². The van der Waals surface area contributed by atoms with Gasteiger partial charge in [-0.3, -0.25) is 4.79 Å². The molecule has 1 fully saturated rings. The number of hydrogen-bond donors (Lipinski definition) is 1. The largest absolute Gasteiger partial charge is 0.482 e. The predicted octanol–water partition coefficient (Wildman–Crippen LogP) is 2.32. The second kappa shape index (κ2) is 7.61. The van der Waals surface area contributed by atoms with E-state index in [9.17, 15) is 9.18 Å². The van der Waals surface area contributed by atoms with Gasteiger partial charge in [0, 0.05) is 13.1 Å². The van der Waals surface area contributed by atoms with Crippen molar-refractivity contribution >= 4 is 17.5 Å². The van der Waals surface area contributed by atoms with Crippen LogP contribution in [-0.4, -0.2) is 44.1 Å². The average Bonchev–Trinajstić information content (AvgIpc) is 2.47. The lowest BCUT2D eigenvalue weighted by Gasteiger charge is -2.31. The lowest BCUT2D eigenvalue weighted by Crippen LogP contribution is -2.42. The molecule has 21 heavy (non-hydrogen) atoms. The topological polar surface area (TPSA) is 41.6 Å². The van der Waals surface area contributed by atoms with Crippen LogP contribution < -0.4 is 10.1 Å². The van der Waals surface area contributed by atoms with Crippen LogP contribution in [0.1, 0.15) is 12.8 Å². The number of hydrogen-bond acceptors (Lipinski definition) is 3. The number of ether oxygens (including phenoxy) is 1. The molecule has 0 aromatic heterocycles. The molecule has 1 heterocycles. The molecule has 1 saturated heterocycles. The normalized spacial score (nSPS) is 16.0. The van der Waals surface area contributed by atoms with Crippen molar-refractivity contribution in [2.24, 2.45) is 5.92 Å². The van der Waals surface area contributed by atoms with Crippen molar-refractivity contribution in [2.45, 2.75) is 12.8 Å². The molecule has 0 atom stereocenters. The Kier molecular flexibility index (Phi) is 5.82. The molecule has 1 aromatic carbocycles. The van der Waals surface area contributed by atoms with Crippen LogP contribution in [0.25, 0.3) is 0 Å². The Hall–Kier alpha value is -1.33. The molecule has 1 amide bonds. The summed E-state index contributed by atoms with van der Waals surface area (Å²) in [6.45, 7) is 2.43. The van der Waals surface area contributed by atoms with Gasteiger partial charge in [0.25, 0.3) is 5.91 Å². The molecule has 0 radical (unpaired) electrons. The van der Waals surface area contributed by atoms with E-state index in [-0.39, 0.29) is 17.5 Å². The summed E-state index contributed by atoms with van der Waals surface area (Å²) in [6, 6.07) is 3.86. The maximum Gasteiger partial charge on any atom is 0.260 e. The van der Waals surface area contributed by atoms with Crippen molar-refractivity contribution in [3.63, 3.8) is 0 Å². The highest BCUT2D eigenvalue weighted by molar-refractivity contribution is 6.32. The lowest BCUT2D eigenvalue weighted by atomic mass is 9.97. The molecule has 116 valence electrons. The zero-order valence-corrected chi connectivity index (χ0v) is 12.8. The number of nitrogens with zero attached hydrogens (tertiary/aromatic N) is 1. The minimum absolute atomic E-state index is 0.0571. The third-order valence-electron chi connectivity index (χ3n) is 3.71. The Bertz CT molecular complexity index is 491. The van der Waals surface area contributed by atoms with Crippen molar-refractivity contribution in [3.8, 4) is 5.75 Å². The van der Waals surface area contributed by atoms with Crippen LogP contribution in [0.15, 0.2) is 18.2 Å². The zero-order valence-electron chi connectivity index (χ0n) is 12.1. The number of piperidine rings is 1. The molecule has 0 spiro atoms. The van der Waals surface area contributed by atoms with Crippen LogP contribution in [0.5, 0.6) is 5.75 Å². The SMILES string of the molecule is CNCC1CCN(C(=O)COc2ccc(F)cc2Cl)CC1. The first-order valence-electron chi connectivity index (χ1n) is 7.10. The molecule has 1 N–H and O–H groups in total. The molecular formula is C15H20ClFN2O2. The van der Waals surface area contributed by atoms with Gasteiger partial charge in [-0.15, -0.1) is 0 Å². The highest BCUT2D eigenvalue weighted by Crippen LogP contribution is 2.25. The number of benzene rings is 1. The summed E-state index contributed by atoms with van der Waals surface area (Å²) in [5.74, 6) is 0.478. The van der Waals surface area contributed by atoms with Gasteiger partial charge in [0.05, 0.1) is 5.02 Å². The van der Waals surface area contributed by atoms with Crippen molar-refractivity contribution in [2.75, 3.05) is 33.3 Å². The number of carbonyl (C=O) groups is 1. The van der Waals surface area contributed by atoms with Crippen LogP contribution >= 0.6 is 11.6 Å². The van der Waals surface area contributed by atoms with E-state index in [1.807, 2.05) is 11.9 Å². The van der Waals surface area contributed by atoms with Gasteiger partial charge < -0.3 is 15.0 Å². The van der Waals surface area contributed by atoms with E-state index in [0.717, 1.165) is 32.5 Å². The molecule has 1 aromatic rings.